The van der Waals surface area contributed by atoms with Crippen molar-refractivity contribution in [2.75, 3.05) is 0 Å². The molecular weight excluding hydrogens is 234 g/mol. The van der Waals surface area contributed by atoms with Crippen LogP contribution in [0.1, 0.15) is 38.7 Å². The van der Waals surface area contributed by atoms with Gasteiger partial charge in [0.1, 0.15) is 11.6 Å². The van der Waals surface area contributed by atoms with Crippen LogP contribution in [0.2, 0.25) is 0 Å². The number of nitrogens with one attached hydrogen (secondary N) is 1. The van der Waals surface area contributed by atoms with E-state index in [1.54, 1.807) is 0 Å². The average molecular weight is 254 g/mol. The number of hydrogen-bond acceptors (Lipinski definition) is 2. The first-order valence-corrected chi connectivity index (χ1v) is 6.53. The molecule has 0 radical (unpaired) electrons. The Morgan fingerprint density at radius 2 is 1.89 bits per heavy atom. The highest BCUT2D eigenvalue weighted by molar-refractivity contribution is 5.18. The summed E-state index contributed by atoms with van der Waals surface area (Å²) in [5.41, 5.74) is 3.77. The number of hydrogen-bond donors (Lipinski definition) is 1. The topological polar surface area (TPSA) is 15.3 Å². The van der Waals surface area contributed by atoms with E-state index in [0.29, 0.717) is 24.2 Å². The van der Waals surface area contributed by atoms with Crippen molar-refractivity contribution in [1.29, 1.82) is 0 Å². The van der Waals surface area contributed by atoms with Gasteiger partial charge >= 0.3 is 0 Å². The second-order valence-electron chi connectivity index (χ2n) is 5.11. The third-order valence-corrected chi connectivity index (χ3v) is 3.66. The highest BCUT2D eigenvalue weighted by Gasteiger charge is 2.24. The van der Waals surface area contributed by atoms with Crippen molar-refractivity contribution in [1.82, 2.24) is 10.4 Å². The van der Waals surface area contributed by atoms with E-state index in [9.17, 15) is 8.78 Å². The molecule has 100 valence electrons. The van der Waals surface area contributed by atoms with Gasteiger partial charge in [0.05, 0.1) is 0 Å². The predicted octanol–water partition coefficient (Wildman–Crippen LogP) is 3.23. The van der Waals surface area contributed by atoms with E-state index in [-0.39, 0.29) is 0 Å². The molecule has 1 N–H and O–H groups in total. The number of rotatable bonds is 3. The third-order valence-electron chi connectivity index (χ3n) is 3.66. The normalized spacial score (nSPS) is 25.3. The summed E-state index contributed by atoms with van der Waals surface area (Å²) in [7, 11) is 0. The molecule has 0 amide bonds. The van der Waals surface area contributed by atoms with Gasteiger partial charge in [-0.05, 0) is 32.8 Å². The molecule has 1 saturated heterocycles. The molecule has 4 heteroatoms. The van der Waals surface area contributed by atoms with Gasteiger partial charge in [-0.2, -0.15) is 0 Å². The number of halogens is 2. The van der Waals surface area contributed by atoms with Gasteiger partial charge in [0, 0.05) is 30.3 Å². The van der Waals surface area contributed by atoms with Crippen LogP contribution in [0, 0.1) is 11.6 Å². The Balaban J connectivity index is 1.97. The fourth-order valence-corrected chi connectivity index (χ4v) is 2.57. The molecule has 2 rings (SSSR count). The Kier molecular flexibility index (Phi) is 4.30. The van der Waals surface area contributed by atoms with Gasteiger partial charge < -0.3 is 0 Å². The third kappa shape index (κ3) is 3.06. The van der Waals surface area contributed by atoms with Crippen LogP contribution in [0.3, 0.4) is 0 Å². The molecule has 2 atom stereocenters. The molecule has 2 nitrogen and oxygen atoms in total. The highest BCUT2D eigenvalue weighted by atomic mass is 19.1. The van der Waals surface area contributed by atoms with E-state index in [1.807, 2.05) is 0 Å². The van der Waals surface area contributed by atoms with Crippen LogP contribution >= 0.6 is 0 Å². The van der Waals surface area contributed by atoms with Crippen molar-refractivity contribution in [3.8, 4) is 0 Å². The van der Waals surface area contributed by atoms with Crippen LogP contribution in [0.5, 0.6) is 0 Å². The molecule has 18 heavy (non-hydrogen) atoms. The zero-order chi connectivity index (χ0) is 13.1. The summed E-state index contributed by atoms with van der Waals surface area (Å²) < 4.78 is 26.3. The van der Waals surface area contributed by atoms with Crippen LogP contribution in [0.4, 0.5) is 8.78 Å². The summed E-state index contributed by atoms with van der Waals surface area (Å²) in [4.78, 5) is 0. The second kappa shape index (κ2) is 5.76. The van der Waals surface area contributed by atoms with Crippen LogP contribution in [0.15, 0.2) is 18.2 Å². The summed E-state index contributed by atoms with van der Waals surface area (Å²) in [5.74, 6) is -1.02. The molecule has 0 spiro atoms. The minimum absolute atomic E-state index is 0.404. The molecule has 1 aromatic rings. The van der Waals surface area contributed by atoms with Crippen LogP contribution < -0.4 is 5.43 Å². The maximum atomic E-state index is 13.5. The number of benzene rings is 1. The van der Waals surface area contributed by atoms with Crippen molar-refractivity contribution in [2.24, 2.45) is 0 Å². The molecule has 0 aliphatic carbocycles. The summed E-state index contributed by atoms with van der Waals surface area (Å²) in [6, 6.07) is 4.63. The van der Waals surface area contributed by atoms with Gasteiger partial charge in [0.25, 0.3) is 0 Å². The molecule has 0 aromatic heterocycles. The summed E-state index contributed by atoms with van der Waals surface area (Å²) in [6.07, 6.45) is 3.55. The van der Waals surface area contributed by atoms with E-state index >= 15 is 0 Å². The maximum absolute atomic E-state index is 13.5. The molecular formula is C14H20F2N2. The van der Waals surface area contributed by atoms with E-state index in [4.69, 9.17) is 0 Å². The van der Waals surface area contributed by atoms with E-state index in [0.717, 1.165) is 18.9 Å². The lowest BCUT2D eigenvalue weighted by Crippen LogP contribution is -2.51. The molecule has 1 heterocycles. The minimum atomic E-state index is -0.532. The fourth-order valence-electron chi connectivity index (χ4n) is 2.57. The highest BCUT2D eigenvalue weighted by Crippen LogP contribution is 2.20. The van der Waals surface area contributed by atoms with Crippen molar-refractivity contribution in [2.45, 2.75) is 51.7 Å². The lowest BCUT2D eigenvalue weighted by molar-refractivity contribution is 0.0431. The molecule has 1 aliphatic heterocycles. The zero-order valence-corrected chi connectivity index (χ0v) is 10.9. The van der Waals surface area contributed by atoms with Crippen LogP contribution in [-0.2, 0) is 6.54 Å². The van der Waals surface area contributed by atoms with Crippen molar-refractivity contribution in [3.63, 3.8) is 0 Å². The maximum Gasteiger partial charge on any atom is 0.130 e. The van der Waals surface area contributed by atoms with Gasteiger partial charge in [-0.1, -0.05) is 12.5 Å². The SMILES string of the molecule is CC1CCCC(C)N1NCc1ccc(F)cc1F. The number of hydrazine groups is 1. The monoisotopic (exact) mass is 254 g/mol. The zero-order valence-electron chi connectivity index (χ0n) is 10.9. The first kappa shape index (κ1) is 13.4. The predicted molar refractivity (Wildman–Crippen MR) is 67.8 cm³/mol. The van der Waals surface area contributed by atoms with E-state index in [1.165, 1.54) is 18.6 Å². The van der Waals surface area contributed by atoms with Crippen molar-refractivity contribution < 1.29 is 8.78 Å². The number of piperidine rings is 1. The number of nitrogens with zero attached hydrogens (tertiary/aromatic N) is 1. The smallest absolute Gasteiger partial charge is 0.130 e. The molecule has 1 aromatic carbocycles. The minimum Gasteiger partial charge on any atom is -0.250 e. The Hall–Kier alpha value is -1.00. The second-order valence-corrected chi connectivity index (χ2v) is 5.11. The molecule has 0 bridgehead atoms. The quantitative estimate of drug-likeness (QED) is 0.891. The van der Waals surface area contributed by atoms with E-state index < -0.39 is 11.6 Å². The Bertz CT molecular complexity index is 399. The van der Waals surface area contributed by atoms with Crippen molar-refractivity contribution in [3.05, 3.63) is 35.4 Å². The Morgan fingerprint density at radius 3 is 2.50 bits per heavy atom. The summed E-state index contributed by atoms with van der Waals surface area (Å²) in [6.45, 7) is 4.74. The average Bonchev–Trinajstić information content (AvgIpc) is 2.31. The van der Waals surface area contributed by atoms with Gasteiger partial charge in [-0.3, -0.25) is 5.43 Å². The Morgan fingerprint density at radius 1 is 1.22 bits per heavy atom. The molecule has 1 fully saturated rings. The molecule has 2 unspecified atom stereocenters. The van der Waals surface area contributed by atoms with Gasteiger partial charge in [-0.15, -0.1) is 0 Å². The summed E-state index contributed by atoms with van der Waals surface area (Å²) in [5, 5.41) is 2.19. The van der Waals surface area contributed by atoms with Crippen molar-refractivity contribution >= 4 is 0 Å². The fraction of sp³-hybridized carbons (Fsp3) is 0.571. The van der Waals surface area contributed by atoms with E-state index in [2.05, 4.69) is 24.3 Å². The first-order chi connectivity index (χ1) is 8.58. The lowest BCUT2D eigenvalue weighted by atomic mass is 10.00. The van der Waals surface area contributed by atoms with Gasteiger partial charge in [-0.25, -0.2) is 13.8 Å². The van der Waals surface area contributed by atoms with Crippen LogP contribution in [-0.4, -0.2) is 17.1 Å². The van der Waals surface area contributed by atoms with Gasteiger partial charge in [0.2, 0.25) is 0 Å². The Labute approximate surface area is 107 Å². The largest absolute Gasteiger partial charge is 0.250 e. The summed E-state index contributed by atoms with van der Waals surface area (Å²) >= 11 is 0. The standard InChI is InChI=1S/C14H20F2N2/c1-10-4-3-5-11(2)18(10)17-9-12-6-7-13(15)8-14(12)16/h6-8,10-11,17H,3-5,9H2,1-2H3. The van der Waals surface area contributed by atoms with Crippen LogP contribution in [0.25, 0.3) is 0 Å². The first-order valence-electron chi connectivity index (χ1n) is 6.53. The molecule has 0 saturated carbocycles. The molecule has 1 aliphatic rings. The lowest BCUT2D eigenvalue weighted by Gasteiger charge is -2.39. The van der Waals surface area contributed by atoms with Gasteiger partial charge in [0.15, 0.2) is 0 Å².